The number of amides is 1. The number of nitrogens with zero attached hydrogens (tertiary/aromatic N) is 3. The number of likely N-dealkylation sites (tertiary alicyclic amines) is 1. The Morgan fingerprint density at radius 3 is 2.91 bits per heavy atom. The molecule has 3 heterocycles. The van der Waals surface area contributed by atoms with E-state index in [2.05, 4.69) is 15.3 Å². The summed E-state index contributed by atoms with van der Waals surface area (Å²) in [5, 5.41) is 3.46. The molecule has 3 rings (SSSR count). The molecule has 1 amide bonds. The van der Waals surface area contributed by atoms with Crippen LogP contribution in [-0.4, -0.2) is 39.9 Å². The minimum atomic E-state index is -0.0500. The summed E-state index contributed by atoms with van der Waals surface area (Å²) in [6.45, 7) is 3.20. The number of nitrogens with one attached hydrogen (secondary N) is 1. The van der Waals surface area contributed by atoms with E-state index in [1.807, 2.05) is 11.0 Å². The van der Waals surface area contributed by atoms with Crippen molar-refractivity contribution in [2.75, 3.05) is 24.1 Å². The van der Waals surface area contributed by atoms with Crippen LogP contribution in [0.5, 0.6) is 0 Å². The lowest BCUT2D eigenvalue weighted by molar-refractivity contribution is 0.0754. The first-order valence-corrected chi connectivity index (χ1v) is 7.81. The highest BCUT2D eigenvalue weighted by atomic mass is 16.3. The number of nitrogens with two attached hydrogens (primary N) is 1. The smallest absolute Gasteiger partial charge is 0.276 e. The Kier molecular flexibility index (Phi) is 4.45. The van der Waals surface area contributed by atoms with Crippen molar-refractivity contribution in [3.63, 3.8) is 0 Å². The van der Waals surface area contributed by atoms with Gasteiger partial charge in [0, 0.05) is 19.1 Å². The second-order valence-corrected chi connectivity index (χ2v) is 5.79. The molecule has 0 radical (unpaired) electrons. The van der Waals surface area contributed by atoms with Gasteiger partial charge in [-0.25, -0.2) is 9.97 Å². The normalized spacial score (nSPS) is 18.5. The molecule has 3 N–H and O–H groups in total. The summed E-state index contributed by atoms with van der Waals surface area (Å²) in [6, 6.07) is 4.02. The van der Waals surface area contributed by atoms with Gasteiger partial charge >= 0.3 is 0 Å². The number of anilines is 2. The van der Waals surface area contributed by atoms with Crippen LogP contribution in [0.3, 0.4) is 0 Å². The summed E-state index contributed by atoms with van der Waals surface area (Å²) >= 11 is 0. The van der Waals surface area contributed by atoms with Crippen LogP contribution >= 0.6 is 0 Å². The quantitative estimate of drug-likeness (QED) is 0.900. The molecule has 1 atom stereocenters. The zero-order chi connectivity index (χ0) is 16.2. The number of carbonyl (C=O) groups is 1. The van der Waals surface area contributed by atoms with Crippen molar-refractivity contribution in [3.05, 3.63) is 36.2 Å². The van der Waals surface area contributed by atoms with Crippen molar-refractivity contribution in [2.24, 2.45) is 0 Å². The second-order valence-electron chi connectivity index (χ2n) is 5.79. The number of aromatic nitrogens is 2. The number of carbonyl (C=O) groups excluding carboxylic acids is 1. The van der Waals surface area contributed by atoms with Crippen molar-refractivity contribution in [1.82, 2.24) is 14.9 Å². The Hall–Kier alpha value is -2.57. The van der Waals surface area contributed by atoms with E-state index in [-0.39, 0.29) is 5.91 Å². The molecular formula is C16H21N5O2. The van der Waals surface area contributed by atoms with Crippen LogP contribution in [0.15, 0.2) is 29.1 Å². The van der Waals surface area contributed by atoms with Crippen LogP contribution in [0, 0.1) is 6.92 Å². The van der Waals surface area contributed by atoms with Crippen molar-refractivity contribution in [2.45, 2.75) is 32.2 Å². The number of nitrogen functional groups attached to an aromatic ring is 1. The topological polar surface area (TPSA) is 97.3 Å². The van der Waals surface area contributed by atoms with Crippen molar-refractivity contribution >= 4 is 17.4 Å². The van der Waals surface area contributed by atoms with Crippen LogP contribution < -0.4 is 11.1 Å². The van der Waals surface area contributed by atoms with Gasteiger partial charge in [0.2, 0.25) is 0 Å². The van der Waals surface area contributed by atoms with Gasteiger partial charge in [-0.1, -0.05) is 0 Å². The number of rotatable bonds is 3. The summed E-state index contributed by atoms with van der Waals surface area (Å²) < 4.78 is 5.13. The molecule has 7 heteroatoms. The van der Waals surface area contributed by atoms with Gasteiger partial charge in [-0.2, -0.15) is 0 Å². The zero-order valence-corrected chi connectivity index (χ0v) is 13.2. The van der Waals surface area contributed by atoms with E-state index in [1.165, 1.54) is 6.39 Å². The van der Waals surface area contributed by atoms with Crippen LogP contribution in [0.25, 0.3) is 0 Å². The molecule has 1 aliphatic rings. The summed E-state index contributed by atoms with van der Waals surface area (Å²) in [5.41, 5.74) is 6.97. The predicted molar refractivity (Wildman–Crippen MR) is 87.1 cm³/mol. The molecule has 1 saturated heterocycles. The maximum Gasteiger partial charge on any atom is 0.276 e. The van der Waals surface area contributed by atoms with Gasteiger partial charge in [-0.3, -0.25) is 4.79 Å². The largest absolute Gasteiger partial charge is 0.448 e. The van der Waals surface area contributed by atoms with Crippen molar-refractivity contribution in [1.29, 1.82) is 0 Å². The summed E-state index contributed by atoms with van der Waals surface area (Å²) in [6.07, 6.45) is 5.89. The average Bonchev–Trinajstić information content (AvgIpc) is 2.84. The van der Waals surface area contributed by atoms with Gasteiger partial charge in [0.05, 0.1) is 11.9 Å². The summed E-state index contributed by atoms with van der Waals surface area (Å²) in [7, 11) is 0. The molecule has 0 saturated carbocycles. The Balaban J connectivity index is 1.60. The van der Waals surface area contributed by atoms with Gasteiger partial charge in [-0.15, -0.1) is 0 Å². The van der Waals surface area contributed by atoms with E-state index in [1.54, 1.807) is 19.2 Å². The minimum absolute atomic E-state index is 0.0500. The van der Waals surface area contributed by atoms with Crippen LogP contribution in [0.1, 0.15) is 35.5 Å². The van der Waals surface area contributed by atoms with Gasteiger partial charge < -0.3 is 20.4 Å². The predicted octanol–water partition coefficient (Wildman–Crippen LogP) is 2.07. The van der Waals surface area contributed by atoms with Gasteiger partial charge in [0.15, 0.2) is 12.1 Å². The third-order valence-electron chi connectivity index (χ3n) is 4.12. The zero-order valence-electron chi connectivity index (χ0n) is 13.2. The molecule has 122 valence electrons. The van der Waals surface area contributed by atoms with Gasteiger partial charge in [0.25, 0.3) is 5.91 Å². The molecule has 2 aromatic rings. The van der Waals surface area contributed by atoms with E-state index in [0.29, 0.717) is 29.9 Å². The Bertz CT molecular complexity index is 667. The molecule has 2 aromatic heterocycles. The van der Waals surface area contributed by atoms with E-state index in [4.69, 9.17) is 10.2 Å². The van der Waals surface area contributed by atoms with Crippen molar-refractivity contribution < 1.29 is 9.21 Å². The summed E-state index contributed by atoms with van der Waals surface area (Å²) in [4.78, 5) is 22.5. The van der Waals surface area contributed by atoms with Crippen LogP contribution in [0.2, 0.25) is 0 Å². The fraction of sp³-hybridized carbons (Fsp3) is 0.438. The standard InChI is InChI=1S/C16H21N5O2/c1-11-15(19-10-23-11)16(22)21-7-2-3-12(6-8-21)20-13-4-5-14(17)18-9-13/h4-5,9-10,12,20H,2-3,6-8H2,1H3,(H2,17,18)/t12-/m1/s1. The maximum atomic E-state index is 12.5. The maximum absolute atomic E-state index is 12.5. The first-order valence-electron chi connectivity index (χ1n) is 7.81. The van der Waals surface area contributed by atoms with Crippen molar-refractivity contribution in [3.8, 4) is 0 Å². The second kappa shape index (κ2) is 6.68. The SMILES string of the molecule is Cc1ocnc1C(=O)N1CCC[C@@H](Nc2ccc(N)nc2)CC1. The Labute approximate surface area is 134 Å². The molecule has 1 aliphatic heterocycles. The third kappa shape index (κ3) is 3.61. The highest BCUT2D eigenvalue weighted by molar-refractivity contribution is 5.93. The average molecular weight is 315 g/mol. The number of aryl methyl sites for hydroxylation is 1. The summed E-state index contributed by atoms with van der Waals surface area (Å²) in [5.74, 6) is 1.03. The monoisotopic (exact) mass is 315 g/mol. The van der Waals surface area contributed by atoms with Gasteiger partial charge in [0.1, 0.15) is 11.6 Å². The third-order valence-corrected chi connectivity index (χ3v) is 4.12. The van der Waals surface area contributed by atoms with E-state index in [0.717, 1.165) is 31.5 Å². The highest BCUT2D eigenvalue weighted by Gasteiger charge is 2.24. The lowest BCUT2D eigenvalue weighted by Gasteiger charge is -2.20. The number of pyridine rings is 1. The van der Waals surface area contributed by atoms with Crippen LogP contribution in [-0.2, 0) is 0 Å². The molecule has 7 nitrogen and oxygen atoms in total. The lowest BCUT2D eigenvalue weighted by Crippen LogP contribution is -2.33. The lowest BCUT2D eigenvalue weighted by atomic mass is 10.1. The first-order chi connectivity index (χ1) is 11.1. The molecule has 0 aliphatic carbocycles. The first kappa shape index (κ1) is 15.3. The molecule has 0 bridgehead atoms. The minimum Gasteiger partial charge on any atom is -0.448 e. The fourth-order valence-corrected chi connectivity index (χ4v) is 2.83. The van der Waals surface area contributed by atoms with E-state index >= 15 is 0 Å². The molecule has 23 heavy (non-hydrogen) atoms. The molecule has 0 unspecified atom stereocenters. The number of oxazole rings is 1. The number of hydrogen-bond donors (Lipinski definition) is 2. The molecule has 0 spiro atoms. The molecule has 0 aromatic carbocycles. The van der Waals surface area contributed by atoms with E-state index in [9.17, 15) is 4.79 Å². The van der Waals surface area contributed by atoms with E-state index < -0.39 is 0 Å². The molecule has 1 fully saturated rings. The number of hydrogen-bond acceptors (Lipinski definition) is 6. The van der Waals surface area contributed by atoms with Crippen LogP contribution in [0.4, 0.5) is 11.5 Å². The molecular weight excluding hydrogens is 294 g/mol. The fourth-order valence-electron chi connectivity index (χ4n) is 2.83. The van der Waals surface area contributed by atoms with Gasteiger partial charge in [-0.05, 0) is 38.3 Å². The highest BCUT2D eigenvalue weighted by Crippen LogP contribution is 2.19. The Morgan fingerprint density at radius 2 is 2.22 bits per heavy atom. The Morgan fingerprint density at radius 1 is 1.35 bits per heavy atom.